The van der Waals surface area contributed by atoms with Crippen molar-refractivity contribution in [2.24, 2.45) is 0 Å². The van der Waals surface area contributed by atoms with Gasteiger partial charge in [0.2, 0.25) is 0 Å². The standard InChI is InChI=1S/C20H13BrN2/c21-14-9-10-16-15(12-14)18-17-8-4-5-11-23(17)20(19(18)22-16)13-6-2-1-3-7-13/h1-12,22H. The molecule has 3 heteroatoms. The van der Waals surface area contributed by atoms with E-state index in [1.807, 2.05) is 0 Å². The van der Waals surface area contributed by atoms with Crippen LogP contribution in [-0.4, -0.2) is 9.38 Å². The molecule has 0 spiro atoms. The fraction of sp³-hybridized carbons (Fsp3) is 0. The Bertz CT molecular complexity index is 1170. The van der Waals surface area contributed by atoms with Gasteiger partial charge < -0.3 is 9.38 Å². The smallest absolute Gasteiger partial charge is 0.0772 e. The third-order valence-corrected chi connectivity index (χ3v) is 4.89. The van der Waals surface area contributed by atoms with Gasteiger partial charge in [-0.3, -0.25) is 0 Å². The Morgan fingerprint density at radius 1 is 0.870 bits per heavy atom. The van der Waals surface area contributed by atoms with E-state index in [0.29, 0.717) is 0 Å². The summed E-state index contributed by atoms with van der Waals surface area (Å²) < 4.78 is 3.37. The Labute approximate surface area is 141 Å². The molecule has 0 aliphatic heterocycles. The van der Waals surface area contributed by atoms with Crippen LogP contribution in [0.5, 0.6) is 0 Å². The number of nitrogens with zero attached hydrogens (tertiary/aromatic N) is 1. The van der Waals surface area contributed by atoms with Crippen LogP contribution in [0.1, 0.15) is 0 Å². The number of halogens is 1. The molecule has 0 aliphatic rings. The van der Waals surface area contributed by atoms with Crippen LogP contribution in [0.3, 0.4) is 0 Å². The molecule has 0 aliphatic carbocycles. The molecular weight excluding hydrogens is 348 g/mol. The van der Waals surface area contributed by atoms with E-state index in [1.54, 1.807) is 0 Å². The summed E-state index contributed by atoms with van der Waals surface area (Å²) in [5.74, 6) is 0. The first-order valence-corrected chi connectivity index (χ1v) is 8.37. The van der Waals surface area contributed by atoms with Crippen molar-refractivity contribution in [1.82, 2.24) is 9.38 Å². The van der Waals surface area contributed by atoms with Crippen LogP contribution >= 0.6 is 15.9 Å². The first-order chi connectivity index (χ1) is 11.3. The highest BCUT2D eigenvalue weighted by molar-refractivity contribution is 9.10. The van der Waals surface area contributed by atoms with Crippen molar-refractivity contribution < 1.29 is 0 Å². The number of hydrogen-bond donors (Lipinski definition) is 1. The lowest BCUT2D eigenvalue weighted by Gasteiger charge is -2.03. The van der Waals surface area contributed by atoms with Gasteiger partial charge in [0.1, 0.15) is 0 Å². The Morgan fingerprint density at radius 3 is 2.57 bits per heavy atom. The Balaban J connectivity index is 2.05. The molecule has 3 aromatic heterocycles. The van der Waals surface area contributed by atoms with Crippen LogP contribution in [0.15, 0.2) is 77.4 Å². The fourth-order valence-electron chi connectivity index (χ4n) is 3.45. The highest BCUT2D eigenvalue weighted by Gasteiger charge is 2.17. The largest absolute Gasteiger partial charge is 0.353 e. The average molecular weight is 361 g/mol. The lowest BCUT2D eigenvalue weighted by Crippen LogP contribution is -1.87. The van der Waals surface area contributed by atoms with Gasteiger partial charge in [0.15, 0.2) is 0 Å². The lowest BCUT2D eigenvalue weighted by molar-refractivity contribution is 1.21. The summed E-state index contributed by atoms with van der Waals surface area (Å²) in [5, 5.41) is 2.53. The quantitative estimate of drug-likeness (QED) is 0.378. The molecule has 2 nitrogen and oxygen atoms in total. The maximum atomic E-state index is 3.62. The predicted octanol–water partition coefficient (Wildman–Crippen LogP) is 6.00. The zero-order chi connectivity index (χ0) is 15.4. The SMILES string of the molecule is Brc1ccc2[nH]c3c(-c4ccccc4)n4ccccc4c3c2c1. The van der Waals surface area contributed by atoms with Gasteiger partial charge in [-0.15, -0.1) is 0 Å². The lowest BCUT2D eigenvalue weighted by atomic mass is 10.1. The van der Waals surface area contributed by atoms with E-state index < -0.39 is 0 Å². The summed E-state index contributed by atoms with van der Waals surface area (Å²) in [6.45, 7) is 0. The average Bonchev–Trinajstić information content (AvgIpc) is 3.10. The number of pyridine rings is 1. The Kier molecular flexibility index (Phi) is 2.67. The van der Waals surface area contributed by atoms with E-state index >= 15 is 0 Å². The highest BCUT2D eigenvalue weighted by atomic mass is 79.9. The molecule has 0 saturated heterocycles. The fourth-order valence-corrected chi connectivity index (χ4v) is 3.81. The Hall–Kier alpha value is -2.52. The number of hydrogen-bond acceptors (Lipinski definition) is 0. The molecule has 3 heterocycles. The molecule has 0 fully saturated rings. The summed E-state index contributed by atoms with van der Waals surface area (Å²) in [6.07, 6.45) is 2.13. The van der Waals surface area contributed by atoms with Crippen molar-refractivity contribution in [3.8, 4) is 11.3 Å². The third-order valence-electron chi connectivity index (χ3n) is 4.40. The van der Waals surface area contributed by atoms with Crippen LogP contribution in [0.4, 0.5) is 0 Å². The topological polar surface area (TPSA) is 20.2 Å². The van der Waals surface area contributed by atoms with Gasteiger partial charge >= 0.3 is 0 Å². The molecule has 0 unspecified atom stereocenters. The summed E-state index contributed by atoms with van der Waals surface area (Å²) in [4.78, 5) is 3.62. The van der Waals surface area contributed by atoms with Crippen LogP contribution in [0.2, 0.25) is 0 Å². The normalized spacial score (nSPS) is 11.7. The van der Waals surface area contributed by atoms with E-state index in [4.69, 9.17) is 0 Å². The summed E-state index contributed by atoms with van der Waals surface area (Å²) >= 11 is 3.60. The van der Waals surface area contributed by atoms with Gasteiger partial charge in [0.25, 0.3) is 0 Å². The number of rotatable bonds is 1. The molecule has 0 radical (unpaired) electrons. The van der Waals surface area contributed by atoms with Crippen molar-refractivity contribution in [3.05, 3.63) is 77.4 Å². The van der Waals surface area contributed by atoms with E-state index in [2.05, 4.69) is 98.2 Å². The van der Waals surface area contributed by atoms with Crippen molar-refractivity contribution in [2.45, 2.75) is 0 Å². The highest BCUT2D eigenvalue weighted by Crippen LogP contribution is 2.38. The molecule has 23 heavy (non-hydrogen) atoms. The summed E-state index contributed by atoms with van der Waals surface area (Å²) in [5.41, 5.74) is 6.01. The van der Waals surface area contributed by atoms with Crippen LogP contribution in [0, 0.1) is 0 Å². The zero-order valence-corrected chi connectivity index (χ0v) is 13.8. The molecule has 5 aromatic rings. The molecule has 0 bridgehead atoms. The van der Waals surface area contributed by atoms with Crippen LogP contribution < -0.4 is 0 Å². The maximum absolute atomic E-state index is 3.62. The van der Waals surface area contributed by atoms with E-state index in [-0.39, 0.29) is 0 Å². The second-order valence-electron chi connectivity index (χ2n) is 5.74. The molecular formula is C20H13BrN2. The van der Waals surface area contributed by atoms with E-state index in [0.717, 1.165) is 4.47 Å². The van der Waals surface area contributed by atoms with Gasteiger partial charge in [0.05, 0.1) is 16.7 Å². The van der Waals surface area contributed by atoms with Crippen molar-refractivity contribution in [3.63, 3.8) is 0 Å². The van der Waals surface area contributed by atoms with Crippen molar-refractivity contribution in [2.75, 3.05) is 0 Å². The van der Waals surface area contributed by atoms with Gasteiger partial charge in [-0.05, 0) is 30.3 Å². The Morgan fingerprint density at radius 2 is 1.70 bits per heavy atom. The number of nitrogens with one attached hydrogen (secondary N) is 1. The van der Waals surface area contributed by atoms with Crippen LogP contribution in [0.25, 0.3) is 38.6 Å². The minimum atomic E-state index is 1.10. The molecule has 0 amide bonds. The molecule has 5 rings (SSSR count). The van der Waals surface area contributed by atoms with E-state index in [9.17, 15) is 0 Å². The molecule has 0 atom stereocenters. The number of benzene rings is 2. The number of aromatic nitrogens is 2. The molecule has 0 saturated carbocycles. The minimum Gasteiger partial charge on any atom is -0.353 e. The van der Waals surface area contributed by atoms with Gasteiger partial charge in [-0.2, -0.15) is 0 Å². The first-order valence-electron chi connectivity index (χ1n) is 7.58. The van der Waals surface area contributed by atoms with Gasteiger partial charge in [0, 0.05) is 32.5 Å². The van der Waals surface area contributed by atoms with Crippen LogP contribution in [-0.2, 0) is 0 Å². The molecule has 1 N–H and O–H groups in total. The second-order valence-corrected chi connectivity index (χ2v) is 6.65. The number of fused-ring (bicyclic) bond motifs is 5. The van der Waals surface area contributed by atoms with Crippen molar-refractivity contribution in [1.29, 1.82) is 0 Å². The third kappa shape index (κ3) is 1.80. The van der Waals surface area contributed by atoms with Crippen molar-refractivity contribution >= 4 is 43.3 Å². The monoisotopic (exact) mass is 360 g/mol. The number of aromatic amines is 1. The van der Waals surface area contributed by atoms with Gasteiger partial charge in [-0.1, -0.05) is 52.3 Å². The first kappa shape index (κ1) is 13.0. The second kappa shape index (κ2) is 4.74. The molecule has 2 aromatic carbocycles. The number of H-pyrrole nitrogens is 1. The minimum absolute atomic E-state index is 1.10. The van der Waals surface area contributed by atoms with E-state index in [1.165, 1.54) is 38.6 Å². The molecule has 110 valence electrons. The zero-order valence-electron chi connectivity index (χ0n) is 12.3. The predicted molar refractivity (Wildman–Crippen MR) is 99.9 cm³/mol. The van der Waals surface area contributed by atoms with Gasteiger partial charge in [-0.25, -0.2) is 0 Å². The maximum Gasteiger partial charge on any atom is 0.0772 e. The summed E-state index contributed by atoms with van der Waals surface area (Å²) in [6, 6.07) is 23.3. The summed E-state index contributed by atoms with van der Waals surface area (Å²) in [7, 11) is 0.